The summed E-state index contributed by atoms with van der Waals surface area (Å²) >= 11 is 0. The first-order chi connectivity index (χ1) is 12.6. The molecule has 0 amide bonds. The standard InChI is InChI=1S/C21H29NO4/c1-3-5-7-9-19-24-15-21(14-22,16-25-19)20(23)26-18-12-10-17(11-13-18)8-6-4-2/h10-13,19H,3-9,15-16H2,1-2H3/t19-,21+. The minimum absolute atomic E-state index is 0.00765. The number of unbranched alkanes of at least 4 members (excludes halogenated alkanes) is 3. The van der Waals surface area contributed by atoms with Crippen molar-refractivity contribution in [3.63, 3.8) is 0 Å². The van der Waals surface area contributed by atoms with Crippen molar-refractivity contribution in [1.29, 1.82) is 5.26 Å². The van der Waals surface area contributed by atoms with Crippen LogP contribution in [0.4, 0.5) is 0 Å². The zero-order valence-electron chi connectivity index (χ0n) is 15.8. The van der Waals surface area contributed by atoms with E-state index in [-0.39, 0.29) is 19.5 Å². The van der Waals surface area contributed by atoms with Gasteiger partial charge in [-0.05, 0) is 43.4 Å². The Hall–Kier alpha value is -1.90. The number of rotatable bonds is 9. The molecule has 0 bridgehead atoms. The Labute approximate surface area is 156 Å². The van der Waals surface area contributed by atoms with Crippen molar-refractivity contribution >= 4 is 5.97 Å². The Morgan fingerprint density at radius 2 is 1.81 bits per heavy atom. The molecule has 1 aromatic carbocycles. The molecule has 0 atom stereocenters. The lowest BCUT2D eigenvalue weighted by Crippen LogP contribution is -2.48. The van der Waals surface area contributed by atoms with Gasteiger partial charge >= 0.3 is 5.97 Å². The second kappa shape index (κ2) is 10.3. The van der Waals surface area contributed by atoms with Crippen LogP contribution in [0.25, 0.3) is 0 Å². The average Bonchev–Trinajstić information content (AvgIpc) is 2.68. The molecular formula is C21H29NO4. The Kier molecular flexibility index (Phi) is 8.08. The summed E-state index contributed by atoms with van der Waals surface area (Å²) in [5, 5.41) is 9.52. The highest BCUT2D eigenvalue weighted by Gasteiger charge is 2.46. The highest BCUT2D eigenvalue weighted by Crippen LogP contribution is 2.28. The van der Waals surface area contributed by atoms with Crippen LogP contribution in [0.5, 0.6) is 5.75 Å². The third-order valence-corrected chi connectivity index (χ3v) is 4.63. The third-order valence-electron chi connectivity index (χ3n) is 4.63. The molecule has 0 saturated carbocycles. The molecule has 1 heterocycles. The molecule has 0 aromatic heterocycles. The summed E-state index contributed by atoms with van der Waals surface area (Å²) in [6, 6.07) is 9.49. The highest BCUT2D eigenvalue weighted by molar-refractivity contribution is 5.82. The molecule has 26 heavy (non-hydrogen) atoms. The Bertz CT molecular complexity index is 597. The van der Waals surface area contributed by atoms with Crippen LogP contribution in [0.1, 0.15) is 57.9 Å². The highest BCUT2D eigenvalue weighted by atomic mass is 16.7. The summed E-state index contributed by atoms with van der Waals surface area (Å²) in [6.07, 6.45) is 6.97. The van der Waals surface area contributed by atoms with Gasteiger partial charge in [0.2, 0.25) is 5.41 Å². The van der Waals surface area contributed by atoms with Gasteiger partial charge in [0.05, 0.1) is 19.3 Å². The first-order valence-electron chi connectivity index (χ1n) is 9.59. The fourth-order valence-electron chi connectivity index (χ4n) is 2.83. The summed E-state index contributed by atoms with van der Waals surface area (Å²) in [5.74, 6) is -0.178. The van der Waals surface area contributed by atoms with Crippen LogP contribution >= 0.6 is 0 Å². The maximum absolute atomic E-state index is 12.5. The Balaban J connectivity index is 1.89. The maximum Gasteiger partial charge on any atom is 0.336 e. The van der Waals surface area contributed by atoms with E-state index >= 15 is 0 Å². The first kappa shape index (κ1) is 20.4. The van der Waals surface area contributed by atoms with Gasteiger partial charge in [-0.1, -0.05) is 45.2 Å². The summed E-state index contributed by atoms with van der Waals surface area (Å²) < 4.78 is 16.6. The topological polar surface area (TPSA) is 68.5 Å². The molecule has 0 radical (unpaired) electrons. The van der Waals surface area contributed by atoms with E-state index in [1.165, 1.54) is 5.56 Å². The predicted octanol–water partition coefficient (Wildman–Crippen LogP) is 4.40. The quantitative estimate of drug-likeness (QED) is 0.371. The Morgan fingerprint density at radius 3 is 2.38 bits per heavy atom. The molecule has 2 rings (SSSR count). The number of benzene rings is 1. The molecule has 1 aliphatic rings. The van der Waals surface area contributed by atoms with Crippen molar-refractivity contribution in [3.05, 3.63) is 29.8 Å². The SMILES string of the molecule is CCCCC[C@H]1OC[C@@](C#N)(C(=O)Oc2ccc(CCCC)cc2)CO1. The normalized spacial score (nSPS) is 22.6. The molecule has 1 aromatic rings. The second-order valence-electron chi connectivity index (χ2n) is 6.88. The number of ether oxygens (including phenoxy) is 3. The van der Waals surface area contributed by atoms with Crippen LogP contribution in [-0.2, 0) is 20.7 Å². The van der Waals surface area contributed by atoms with Gasteiger partial charge in [-0.3, -0.25) is 0 Å². The molecule has 1 aliphatic heterocycles. The minimum atomic E-state index is -1.40. The number of aryl methyl sites for hydroxylation is 1. The molecule has 142 valence electrons. The van der Waals surface area contributed by atoms with Gasteiger partial charge in [-0.25, -0.2) is 4.79 Å². The summed E-state index contributed by atoms with van der Waals surface area (Å²) in [5.41, 5.74) is -0.191. The summed E-state index contributed by atoms with van der Waals surface area (Å²) in [4.78, 5) is 12.5. The van der Waals surface area contributed by atoms with E-state index in [4.69, 9.17) is 14.2 Å². The van der Waals surface area contributed by atoms with Crippen molar-refractivity contribution in [2.24, 2.45) is 5.41 Å². The molecule has 0 unspecified atom stereocenters. The summed E-state index contributed by atoms with van der Waals surface area (Å²) in [6.45, 7) is 4.30. The number of hydrogen-bond acceptors (Lipinski definition) is 5. The van der Waals surface area contributed by atoms with E-state index in [1.54, 1.807) is 12.1 Å². The van der Waals surface area contributed by atoms with E-state index in [9.17, 15) is 10.1 Å². The lowest BCUT2D eigenvalue weighted by molar-refractivity contribution is -0.223. The minimum Gasteiger partial charge on any atom is -0.425 e. The van der Waals surface area contributed by atoms with E-state index in [2.05, 4.69) is 13.8 Å². The molecule has 0 spiro atoms. The molecule has 0 aliphatic carbocycles. The van der Waals surface area contributed by atoms with E-state index in [0.717, 1.165) is 44.9 Å². The van der Waals surface area contributed by atoms with Crippen LogP contribution in [-0.4, -0.2) is 25.5 Å². The summed E-state index contributed by atoms with van der Waals surface area (Å²) in [7, 11) is 0. The van der Waals surface area contributed by atoms with E-state index < -0.39 is 11.4 Å². The number of hydrogen-bond donors (Lipinski definition) is 0. The number of nitriles is 1. The number of nitrogens with zero attached hydrogens (tertiary/aromatic N) is 1. The van der Waals surface area contributed by atoms with Gasteiger partial charge < -0.3 is 14.2 Å². The van der Waals surface area contributed by atoms with E-state index in [0.29, 0.717) is 5.75 Å². The Morgan fingerprint density at radius 1 is 1.15 bits per heavy atom. The molecule has 0 N–H and O–H groups in total. The van der Waals surface area contributed by atoms with Gasteiger partial charge in [-0.2, -0.15) is 5.26 Å². The van der Waals surface area contributed by atoms with Crippen molar-refractivity contribution < 1.29 is 19.0 Å². The van der Waals surface area contributed by atoms with Gasteiger partial charge in [0.15, 0.2) is 6.29 Å². The average molecular weight is 359 g/mol. The van der Waals surface area contributed by atoms with Crippen molar-refractivity contribution in [1.82, 2.24) is 0 Å². The van der Waals surface area contributed by atoms with Gasteiger partial charge in [0, 0.05) is 0 Å². The van der Waals surface area contributed by atoms with Crippen LogP contribution in [0.2, 0.25) is 0 Å². The zero-order valence-corrected chi connectivity index (χ0v) is 15.8. The predicted molar refractivity (Wildman–Crippen MR) is 98.6 cm³/mol. The van der Waals surface area contributed by atoms with Crippen LogP contribution in [0.3, 0.4) is 0 Å². The first-order valence-corrected chi connectivity index (χ1v) is 9.59. The van der Waals surface area contributed by atoms with Crippen molar-refractivity contribution in [2.45, 2.75) is 65.1 Å². The zero-order chi connectivity index (χ0) is 18.8. The third kappa shape index (κ3) is 5.55. The second-order valence-corrected chi connectivity index (χ2v) is 6.88. The van der Waals surface area contributed by atoms with Crippen LogP contribution in [0.15, 0.2) is 24.3 Å². The lowest BCUT2D eigenvalue weighted by Gasteiger charge is -2.33. The van der Waals surface area contributed by atoms with Crippen LogP contribution in [0, 0.1) is 16.7 Å². The number of esters is 1. The monoisotopic (exact) mass is 359 g/mol. The molecule has 1 saturated heterocycles. The van der Waals surface area contributed by atoms with Crippen molar-refractivity contribution in [3.8, 4) is 11.8 Å². The fraction of sp³-hybridized carbons (Fsp3) is 0.619. The van der Waals surface area contributed by atoms with Gasteiger partial charge in [0.1, 0.15) is 5.75 Å². The van der Waals surface area contributed by atoms with Gasteiger partial charge in [0.25, 0.3) is 0 Å². The maximum atomic E-state index is 12.5. The van der Waals surface area contributed by atoms with Gasteiger partial charge in [-0.15, -0.1) is 0 Å². The number of carbonyl (C=O) groups is 1. The fourth-order valence-corrected chi connectivity index (χ4v) is 2.83. The van der Waals surface area contributed by atoms with Crippen molar-refractivity contribution in [2.75, 3.05) is 13.2 Å². The molecular weight excluding hydrogens is 330 g/mol. The van der Waals surface area contributed by atoms with E-state index in [1.807, 2.05) is 18.2 Å². The molecule has 5 heteroatoms. The number of carbonyl (C=O) groups excluding carboxylic acids is 1. The largest absolute Gasteiger partial charge is 0.425 e. The smallest absolute Gasteiger partial charge is 0.336 e. The molecule has 5 nitrogen and oxygen atoms in total. The lowest BCUT2D eigenvalue weighted by atomic mass is 9.91. The van der Waals surface area contributed by atoms with Crippen LogP contribution < -0.4 is 4.74 Å². The molecule has 1 fully saturated rings.